The van der Waals surface area contributed by atoms with E-state index in [0.717, 1.165) is 5.56 Å². The number of nitrogens with one attached hydrogen (secondary N) is 3. The second-order valence-corrected chi connectivity index (χ2v) is 7.03. The van der Waals surface area contributed by atoms with Crippen molar-refractivity contribution in [2.24, 2.45) is 0 Å². The van der Waals surface area contributed by atoms with Crippen LogP contribution in [0.2, 0.25) is 0 Å². The predicted octanol–water partition coefficient (Wildman–Crippen LogP) is 2.91. The number of sulfonamides is 1. The third kappa shape index (κ3) is 5.54. The fourth-order valence-electron chi connectivity index (χ4n) is 1.83. The molecular weight excluding hydrogens is 333 g/mol. The molecule has 2 aromatic carbocycles. The molecule has 0 heterocycles. The molecule has 0 bridgehead atoms. The van der Waals surface area contributed by atoms with Crippen LogP contribution in [0.25, 0.3) is 0 Å². The highest BCUT2D eigenvalue weighted by Crippen LogP contribution is 2.15. The zero-order chi connectivity index (χ0) is 17.6. The highest BCUT2D eigenvalue weighted by Gasteiger charge is 2.07. The van der Waals surface area contributed by atoms with Gasteiger partial charge in [-0.3, -0.25) is 4.72 Å². The summed E-state index contributed by atoms with van der Waals surface area (Å²) in [5.74, 6) is -0.347. The van der Waals surface area contributed by atoms with Crippen LogP contribution in [0, 0.1) is 5.82 Å². The van der Waals surface area contributed by atoms with Gasteiger partial charge in [0.25, 0.3) is 0 Å². The van der Waals surface area contributed by atoms with Gasteiger partial charge in [-0.15, -0.1) is 0 Å². The van der Waals surface area contributed by atoms with Gasteiger partial charge in [0.05, 0.1) is 5.75 Å². The first kappa shape index (κ1) is 17.7. The topological polar surface area (TPSA) is 87.3 Å². The van der Waals surface area contributed by atoms with Gasteiger partial charge in [-0.1, -0.05) is 12.1 Å². The lowest BCUT2D eigenvalue weighted by molar-refractivity contribution is 0.251. The number of amides is 2. The third-order valence-electron chi connectivity index (χ3n) is 3.16. The summed E-state index contributed by atoms with van der Waals surface area (Å²) in [6.07, 6.45) is 0. The number of urea groups is 1. The maximum absolute atomic E-state index is 12.8. The summed E-state index contributed by atoms with van der Waals surface area (Å²) in [6.45, 7) is 1.81. The van der Waals surface area contributed by atoms with Crippen LogP contribution in [0.3, 0.4) is 0 Å². The van der Waals surface area contributed by atoms with Crippen molar-refractivity contribution in [3.8, 4) is 0 Å². The van der Waals surface area contributed by atoms with Gasteiger partial charge < -0.3 is 10.6 Å². The Bertz CT molecular complexity index is 790. The van der Waals surface area contributed by atoms with Gasteiger partial charge in [0.2, 0.25) is 10.0 Å². The lowest BCUT2D eigenvalue weighted by Gasteiger charge is -2.09. The monoisotopic (exact) mass is 351 g/mol. The maximum atomic E-state index is 12.8. The highest BCUT2D eigenvalue weighted by atomic mass is 32.2. The summed E-state index contributed by atoms with van der Waals surface area (Å²) in [5, 5.41) is 5.27. The number of hydrogen-bond donors (Lipinski definition) is 3. The Morgan fingerprint density at radius 3 is 2.17 bits per heavy atom. The summed E-state index contributed by atoms with van der Waals surface area (Å²) < 4.78 is 38.1. The van der Waals surface area contributed by atoms with Crippen LogP contribution in [0.4, 0.5) is 20.6 Å². The summed E-state index contributed by atoms with van der Waals surface area (Å²) in [7, 11) is -3.33. The standard InChI is InChI=1S/C16H18FN3O3S/c1-2-24(22,23)20-15-9-7-14(8-10-15)19-16(21)18-11-12-3-5-13(17)6-4-12/h3-10,20H,2,11H2,1H3,(H2,18,19,21). The van der Waals surface area contributed by atoms with E-state index in [9.17, 15) is 17.6 Å². The van der Waals surface area contributed by atoms with Crippen LogP contribution in [0.1, 0.15) is 12.5 Å². The van der Waals surface area contributed by atoms with E-state index < -0.39 is 16.1 Å². The molecule has 2 amide bonds. The van der Waals surface area contributed by atoms with Gasteiger partial charge in [-0.25, -0.2) is 17.6 Å². The zero-order valence-electron chi connectivity index (χ0n) is 13.0. The number of anilines is 2. The van der Waals surface area contributed by atoms with E-state index >= 15 is 0 Å². The minimum Gasteiger partial charge on any atom is -0.334 e. The first-order valence-electron chi connectivity index (χ1n) is 7.28. The molecule has 128 valence electrons. The third-order valence-corrected chi connectivity index (χ3v) is 4.47. The smallest absolute Gasteiger partial charge is 0.319 e. The van der Waals surface area contributed by atoms with Crippen LogP contribution in [0.15, 0.2) is 48.5 Å². The van der Waals surface area contributed by atoms with Gasteiger partial charge in [0, 0.05) is 17.9 Å². The molecule has 0 atom stereocenters. The number of rotatable bonds is 6. The molecule has 0 saturated carbocycles. The normalized spacial score (nSPS) is 10.9. The number of carbonyl (C=O) groups excluding carboxylic acids is 1. The summed E-state index contributed by atoms with van der Waals surface area (Å²) in [4.78, 5) is 11.8. The first-order valence-corrected chi connectivity index (χ1v) is 8.93. The molecule has 0 saturated heterocycles. The van der Waals surface area contributed by atoms with E-state index in [0.29, 0.717) is 11.4 Å². The molecule has 6 nitrogen and oxygen atoms in total. The van der Waals surface area contributed by atoms with Crippen LogP contribution in [-0.4, -0.2) is 20.2 Å². The number of hydrogen-bond acceptors (Lipinski definition) is 3. The SMILES string of the molecule is CCS(=O)(=O)Nc1ccc(NC(=O)NCc2ccc(F)cc2)cc1. The largest absolute Gasteiger partial charge is 0.334 e. The Labute approximate surface area is 140 Å². The van der Waals surface area contributed by atoms with Crippen molar-refractivity contribution in [2.75, 3.05) is 15.8 Å². The molecule has 0 aliphatic rings. The van der Waals surface area contributed by atoms with Gasteiger partial charge in [0.15, 0.2) is 0 Å². The van der Waals surface area contributed by atoms with E-state index in [1.165, 1.54) is 12.1 Å². The molecular formula is C16H18FN3O3S. The Hall–Kier alpha value is -2.61. The predicted molar refractivity (Wildman–Crippen MR) is 91.8 cm³/mol. The highest BCUT2D eigenvalue weighted by molar-refractivity contribution is 7.92. The van der Waals surface area contributed by atoms with E-state index in [2.05, 4.69) is 15.4 Å². The van der Waals surface area contributed by atoms with Crippen molar-refractivity contribution in [3.63, 3.8) is 0 Å². The van der Waals surface area contributed by atoms with E-state index in [1.54, 1.807) is 43.3 Å². The average molecular weight is 351 g/mol. The van der Waals surface area contributed by atoms with Crippen molar-refractivity contribution in [2.45, 2.75) is 13.5 Å². The Morgan fingerprint density at radius 2 is 1.58 bits per heavy atom. The van der Waals surface area contributed by atoms with Gasteiger partial charge in [-0.05, 0) is 48.9 Å². The zero-order valence-corrected chi connectivity index (χ0v) is 13.9. The molecule has 2 aromatic rings. The quantitative estimate of drug-likeness (QED) is 0.748. The summed E-state index contributed by atoms with van der Waals surface area (Å²) >= 11 is 0. The Morgan fingerprint density at radius 1 is 1.00 bits per heavy atom. The molecule has 3 N–H and O–H groups in total. The number of halogens is 1. The number of benzene rings is 2. The molecule has 0 aromatic heterocycles. The second-order valence-electron chi connectivity index (χ2n) is 5.02. The molecule has 0 spiro atoms. The van der Waals surface area contributed by atoms with Crippen molar-refractivity contribution >= 4 is 27.4 Å². The van der Waals surface area contributed by atoms with Gasteiger partial charge in [0.1, 0.15) is 5.82 Å². The van der Waals surface area contributed by atoms with Crippen LogP contribution in [0.5, 0.6) is 0 Å². The average Bonchev–Trinajstić information content (AvgIpc) is 2.56. The van der Waals surface area contributed by atoms with Gasteiger partial charge >= 0.3 is 6.03 Å². The molecule has 24 heavy (non-hydrogen) atoms. The van der Waals surface area contributed by atoms with Crippen LogP contribution in [-0.2, 0) is 16.6 Å². The van der Waals surface area contributed by atoms with Crippen molar-refractivity contribution < 1.29 is 17.6 Å². The lowest BCUT2D eigenvalue weighted by atomic mass is 10.2. The first-order chi connectivity index (χ1) is 11.4. The molecule has 0 aliphatic heterocycles. The van der Waals surface area contributed by atoms with Crippen LogP contribution < -0.4 is 15.4 Å². The van der Waals surface area contributed by atoms with Crippen LogP contribution >= 0.6 is 0 Å². The van der Waals surface area contributed by atoms with Gasteiger partial charge in [-0.2, -0.15) is 0 Å². The summed E-state index contributed by atoms with van der Waals surface area (Å²) in [5.41, 5.74) is 1.72. The Kier molecular flexibility index (Phi) is 5.75. The molecule has 0 radical (unpaired) electrons. The lowest BCUT2D eigenvalue weighted by Crippen LogP contribution is -2.28. The summed E-state index contributed by atoms with van der Waals surface area (Å²) in [6, 6.07) is 11.7. The minimum atomic E-state index is -3.33. The van der Waals surface area contributed by atoms with Crippen molar-refractivity contribution in [3.05, 3.63) is 59.9 Å². The van der Waals surface area contributed by atoms with E-state index in [4.69, 9.17) is 0 Å². The van der Waals surface area contributed by atoms with Crippen molar-refractivity contribution in [1.82, 2.24) is 5.32 Å². The minimum absolute atomic E-state index is 0.0151. The molecule has 0 unspecified atom stereocenters. The fraction of sp³-hybridized carbons (Fsp3) is 0.188. The Balaban J connectivity index is 1.86. The molecule has 0 aliphatic carbocycles. The van der Waals surface area contributed by atoms with E-state index in [1.807, 2.05) is 0 Å². The molecule has 8 heteroatoms. The maximum Gasteiger partial charge on any atom is 0.319 e. The molecule has 2 rings (SSSR count). The van der Waals surface area contributed by atoms with Crippen molar-refractivity contribution in [1.29, 1.82) is 0 Å². The fourth-order valence-corrected chi connectivity index (χ4v) is 2.47. The second kappa shape index (κ2) is 7.78. The molecule has 0 fully saturated rings. The number of carbonyl (C=O) groups is 1. The van der Waals surface area contributed by atoms with E-state index in [-0.39, 0.29) is 18.1 Å².